The van der Waals surface area contributed by atoms with E-state index in [2.05, 4.69) is 5.32 Å². The number of hydrogen-bond donors (Lipinski definition) is 2. The van der Waals surface area contributed by atoms with Gasteiger partial charge in [-0.3, -0.25) is 10.1 Å². The molecule has 0 saturated carbocycles. The third-order valence-electron chi connectivity index (χ3n) is 2.75. The normalized spacial score (nSPS) is 12.2. The van der Waals surface area contributed by atoms with Gasteiger partial charge in [0, 0.05) is 24.9 Å². The zero-order valence-corrected chi connectivity index (χ0v) is 11.2. The van der Waals surface area contributed by atoms with Gasteiger partial charge in [-0.1, -0.05) is 18.5 Å². The summed E-state index contributed by atoms with van der Waals surface area (Å²) in [6, 6.07) is 3.03. The minimum Gasteiger partial charge on any atom is -0.396 e. The van der Waals surface area contributed by atoms with Crippen LogP contribution in [0.1, 0.15) is 18.9 Å². The standard InChI is InChI=1S/C12H17ClN2O3/c1-8(3-4-16)7-14-11-6-10(13)12(15(17)18)5-9(11)2/h5-6,8,14,16H,3-4,7H2,1-2H3. The predicted octanol–water partition coefficient (Wildman–Crippen LogP) is 2.99. The molecule has 0 aromatic heterocycles. The number of aryl methyl sites for hydroxylation is 1. The summed E-state index contributed by atoms with van der Waals surface area (Å²) in [5.74, 6) is 0.323. The van der Waals surface area contributed by atoms with Gasteiger partial charge in [0.05, 0.1) is 4.92 Å². The van der Waals surface area contributed by atoms with Crippen molar-refractivity contribution in [1.82, 2.24) is 0 Å². The lowest BCUT2D eigenvalue weighted by Crippen LogP contribution is -2.13. The first-order valence-electron chi connectivity index (χ1n) is 5.75. The number of aliphatic hydroxyl groups is 1. The van der Waals surface area contributed by atoms with E-state index in [9.17, 15) is 10.1 Å². The highest BCUT2D eigenvalue weighted by atomic mass is 35.5. The Hall–Kier alpha value is -1.33. The maximum Gasteiger partial charge on any atom is 0.288 e. The van der Waals surface area contributed by atoms with Crippen LogP contribution in [0.15, 0.2) is 12.1 Å². The maximum atomic E-state index is 10.7. The lowest BCUT2D eigenvalue weighted by atomic mass is 10.1. The van der Waals surface area contributed by atoms with E-state index in [0.29, 0.717) is 18.9 Å². The van der Waals surface area contributed by atoms with Crippen molar-refractivity contribution in [3.63, 3.8) is 0 Å². The molecule has 1 atom stereocenters. The minimum atomic E-state index is -0.493. The van der Waals surface area contributed by atoms with Crippen molar-refractivity contribution in [1.29, 1.82) is 0 Å². The van der Waals surface area contributed by atoms with Crippen LogP contribution in [-0.2, 0) is 0 Å². The van der Waals surface area contributed by atoms with Crippen molar-refractivity contribution in [3.8, 4) is 0 Å². The fourth-order valence-corrected chi connectivity index (χ4v) is 1.84. The molecule has 0 aliphatic rings. The summed E-state index contributed by atoms with van der Waals surface area (Å²) >= 11 is 5.85. The largest absolute Gasteiger partial charge is 0.396 e. The predicted molar refractivity (Wildman–Crippen MR) is 72.2 cm³/mol. The molecule has 6 heteroatoms. The van der Waals surface area contributed by atoms with Crippen LogP contribution in [0.5, 0.6) is 0 Å². The number of nitrogens with one attached hydrogen (secondary N) is 1. The van der Waals surface area contributed by atoms with Crippen LogP contribution in [0.4, 0.5) is 11.4 Å². The third-order valence-corrected chi connectivity index (χ3v) is 3.06. The van der Waals surface area contributed by atoms with Gasteiger partial charge in [-0.05, 0) is 30.9 Å². The molecule has 0 bridgehead atoms. The monoisotopic (exact) mass is 272 g/mol. The Morgan fingerprint density at radius 3 is 2.78 bits per heavy atom. The Bertz CT molecular complexity index is 438. The first-order chi connectivity index (χ1) is 8.45. The van der Waals surface area contributed by atoms with E-state index in [0.717, 1.165) is 11.3 Å². The van der Waals surface area contributed by atoms with Gasteiger partial charge < -0.3 is 10.4 Å². The summed E-state index contributed by atoms with van der Waals surface area (Å²) in [6.07, 6.45) is 0.715. The van der Waals surface area contributed by atoms with E-state index in [1.54, 1.807) is 13.0 Å². The molecule has 0 spiro atoms. The summed E-state index contributed by atoms with van der Waals surface area (Å²) in [4.78, 5) is 10.2. The molecular formula is C12H17ClN2O3. The first-order valence-corrected chi connectivity index (χ1v) is 6.12. The van der Waals surface area contributed by atoms with Crippen molar-refractivity contribution in [2.24, 2.45) is 5.92 Å². The fourth-order valence-electron chi connectivity index (χ4n) is 1.60. The van der Waals surface area contributed by atoms with Gasteiger partial charge in [-0.2, -0.15) is 0 Å². The van der Waals surface area contributed by atoms with Crippen LogP contribution in [0.25, 0.3) is 0 Å². The number of rotatable bonds is 6. The second-order valence-electron chi connectivity index (χ2n) is 4.37. The molecule has 0 aliphatic carbocycles. The molecule has 18 heavy (non-hydrogen) atoms. The van der Waals surface area contributed by atoms with Crippen LogP contribution in [0, 0.1) is 23.0 Å². The van der Waals surface area contributed by atoms with Crippen molar-refractivity contribution < 1.29 is 10.0 Å². The number of benzene rings is 1. The number of nitrogens with zero attached hydrogens (tertiary/aromatic N) is 1. The number of anilines is 1. The second kappa shape index (κ2) is 6.56. The van der Waals surface area contributed by atoms with Crippen LogP contribution in [0.3, 0.4) is 0 Å². The molecule has 0 saturated heterocycles. The highest BCUT2D eigenvalue weighted by Crippen LogP contribution is 2.30. The Kier molecular flexibility index (Phi) is 5.37. The molecule has 100 valence electrons. The molecular weight excluding hydrogens is 256 g/mol. The van der Waals surface area contributed by atoms with E-state index in [4.69, 9.17) is 16.7 Å². The molecule has 2 N–H and O–H groups in total. The van der Waals surface area contributed by atoms with E-state index in [-0.39, 0.29) is 17.3 Å². The number of halogens is 1. The lowest BCUT2D eigenvalue weighted by Gasteiger charge is -2.14. The summed E-state index contributed by atoms with van der Waals surface area (Å²) in [7, 11) is 0. The highest BCUT2D eigenvalue weighted by molar-refractivity contribution is 6.33. The van der Waals surface area contributed by atoms with Crippen molar-refractivity contribution in [3.05, 3.63) is 32.8 Å². The molecule has 0 aliphatic heterocycles. The lowest BCUT2D eigenvalue weighted by molar-refractivity contribution is -0.384. The summed E-state index contributed by atoms with van der Waals surface area (Å²) in [5, 5.41) is 22.8. The zero-order chi connectivity index (χ0) is 13.7. The van der Waals surface area contributed by atoms with E-state index < -0.39 is 4.92 Å². The van der Waals surface area contributed by atoms with Crippen LogP contribution in [0.2, 0.25) is 5.02 Å². The SMILES string of the molecule is Cc1cc([N+](=O)[O-])c(Cl)cc1NCC(C)CCO. The molecule has 1 aromatic rings. The molecule has 0 amide bonds. The Morgan fingerprint density at radius 1 is 1.56 bits per heavy atom. The Balaban J connectivity index is 2.79. The highest BCUT2D eigenvalue weighted by Gasteiger charge is 2.15. The molecule has 0 fully saturated rings. The van der Waals surface area contributed by atoms with Crippen LogP contribution >= 0.6 is 11.6 Å². The quantitative estimate of drug-likeness (QED) is 0.617. The number of nitro groups is 1. The van der Waals surface area contributed by atoms with Gasteiger partial charge in [-0.15, -0.1) is 0 Å². The molecule has 0 heterocycles. The Labute approximate surface area is 111 Å². The number of hydrogen-bond acceptors (Lipinski definition) is 4. The van der Waals surface area contributed by atoms with Crippen molar-refractivity contribution in [2.45, 2.75) is 20.3 Å². The number of nitro benzene ring substituents is 1. The van der Waals surface area contributed by atoms with Gasteiger partial charge in [0.1, 0.15) is 5.02 Å². The fraction of sp³-hybridized carbons (Fsp3) is 0.500. The zero-order valence-electron chi connectivity index (χ0n) is 10.4. The molecule has 1 aromatic carbocycles. The maximum absolute atomic E-state index is 10.7. The second-order valence-corrected chi connectivity index (χ2v) is 4.78. The van der Waals surface area contributed by atoms with E-state index in [1.165, 1.54) is 6.07 Å². The molecule has 1 rings (SSSR count). The number of aliphatic hydroxyl groups excluding tert-OH is 1. The first kappa shape index (κ1) is 14.7. The van der Waals surface area contributed by atoms with Crippen molar-refractivity contribution in [2.75, 3.05) is 18.5 Å². The van der Waals surface area contributed by atoms with Gasteiger partial charge in [0.2, 0.25) is 0 Å². The smallest absolute Gasteiger partial charge is 0.288 e. The average Bonchev–Trinajstić information content (AvgIpc) is 2.29. The van der Waals surface area contributed by atoms with E-state index >= 15 is 0 Å². The summed E-state index contributed by atoms with van der Waals surface area (Å²) < 4.78 is 0. The van der Waals surface area contributed by atoms with Gasteiger partial charge in [-0.25, -0.2) is 0 Å². The van der Waals surface area contributed by atoms with Crippen LogP contribution < -0.4 is 5.32 Å². The Morgan fingerprint density at radius 2 is 2.22 bits per heavy atom. The molecule has 1 unspecified atom stereocenters. The van der Waals surface area contributed by atoms with Gasteiger partial charge in [0.15, 0.2) is 0 Å². The molecule has 5 nitrogen and oxygen atoms in total. The minimum absolute atomic E-state index is 0.0804. The van der Waals surface area contributed by atoms with E-state index in [1.807, 2.05) is 6.92 Å². The van der Waals surface area contributed by atoms with Crippen molar-refractivity contribution >= 4 is 23.0 Å². The van der Waals surface area contributed by atoms with Crippen LogP contribution in [-0.4, -0.2) is 23.2 Å². The molecule has 0 radical (unpaired) electrons. The van der Waals surface area contributed by atoms with Gasteiger partial charge in [0.25, 0.3) is 5.69 Å². The van der Waals surface area contributed by atoms with Gasteiger partial charge >= 0.3 is 0 Å². The summed E-state index contributed by atoms with van der Waals surface area (Å²) in [5.41, 5.74) is 1.49. The third kappa shape index (κ3) is 3.85. The average molecular weight is 273 g/mol. The topological polar surface area (TPSA) is 75.4 Å². The summed E-state index contributed by atoms with van der Waals surface area (Å²) in [6.45, 7) is 4.66.